The number of methoxy groups -OCH3 is 2. The third kappa shape index (κ3) is 2.25. The minimum atomic E-state index is -1.10. The topological polar surface area (TPSA) is 76.0 Å². The second-order valence-electron chi connectivity index (χ2n) is 3.11. The molecule has 1 aromatic rings. The van der Waals surface area contributed by atoms with Gasteiger partial charge in [-0.1, -0.05) is 6.07 Å². The van der Waals surface area contributed by atoms with Crippen molar-refractivity contribution < 1.29 is 24.5 Å². The molecule has 16 heavy (non-hydrogen) atoms. The summed E-state index contributed by atoms with van der Waals surface area (Å²) < 4.78 is 10.0. The number of carboxylic acids is 1. The zero-order valence-corrected chi connectivity index (χ0v) is 9.19. The van der Waals surface area contributed by atoms with Gasteiger partial charge in [-0.25, -0.2) is 4.79 Å². The third-order valence-electron chi connectivity index (χ3n) is 2.23. The number of rotatable bonds is 5. The molecule has 0 saturated heterocycles. The molecule has 88 valence electrons. The van der Waals surface area contributed by atoms with Crippen molar-refractivity contribution in [3.05, 3.63) is 23.3 Å². The van der Waals surface area contributed by atoms with E-state index in [-0.39, 0.29) is 24.3 Å². The van der Waals surface area contributed by atoms with Crippen LogP contribution in [-0.2, 0) is 6.42 Å². The summed E-state index contributed by atoms with van der Waals surface area (Å²) in [4.78, 5) is 11.1. The second-order valence-corrected chi connectivity index (χ2v) is 3.11. The third-order valence-corrected chi connectivity index (χ3v) is 2.23. The molecule has 0 atom stereocenters. The van der Waals surface area contributed by atoms with Crippen LogP contribution in [0.4, 0.5) is 0 Å². The molecule has 1 rings (SSSR count). The lowest BCUT2D eigenvalue weighted by atomic mass is 10.0. The standard InChI is InChI=1S/C11H14O5/c1-15-8-4-3-7(5-6-12)9(11(13)14)10(8)16-2/h3-4,12H,5-6H2,1-2H3,(H,13,14). The summed E-state index contributed by atoms with van der Waals surface area (Å²) in [6.45, 7) is -0.115. The summed E-state index contributed by atoms with van der Waals surface area (Å²) in [5.41, 5.74) is 0.559. The number of aliphatic hydroxyl groups excluding tert-OH is 1. The highest BCUT2D eigenvalue weighted by atomic mass is 16.5. The van der Waals surface area contributed by atoms with Crippen molar-refractivity contribution in [1.29, 1.82) is 0 Å². The molecule has 0 saturated carbocycles. The van der Waals surface area contributed by atoms with Crippen LogP contribution in [0.5, 0.6) is 11.5 Å². The fourth-order valence-corrected chi connectivity index (χ4v) is 1.53. The van der Waals surface area contributed by atoms with Crippen LogP contribution < -0.4 is 9.47 Å². The van der Waals surface area contributed by atoms with Crippen LogP contribution in [0.1, 0.15) is 15.9 Å². The lowest BCUT2D eigenvalue weighted by Crippen LogP contribution is -2.08. The van der Waals surface area contributed by atoms with E-state index in [1.807, 2.05) is 0 Å². The van der Waals surface area contributed by atoms with Crippen LogP contribution in [0.25, 0.3) is 0 Å². The molecule has 0 amide bonds. The van der Waals surface area contributed by atoms with Gasteiger partial charge in [-0.15, -0.1) is 0 Å². The van der Waals surface area contributed by atoms with Crippen molar-refractivity contribution in [2.45, 2.75) is 6.42 Å². The first-order chi connectivity index (χ1) is 7.65. The molecule has 0 spiro atoms. The zero-order chi connectivity index (χ0) is 12.1. The molecule has 0 bridgehead atoms. The van der Waals surface area contributed by atoms with Gasteiger partial charge in [0.2, 0.25) is 0 Å². The van der Waals surface area contributed by atoms with Crippen molar-refractivity contribution in [1.82, 2.24) is 0 Å². The molecule has 1 aromatic carbocycles. The molecule has 5 heteroatoms. The fraction of sp³-hybridized carbons (Fsp3) is 0.364. The van der Waals surface area contributed by atoms with Gasteiger partial charge >= 0.3 is 5.97 Å². The lowest BCUT2D eigenvalue weighted by Gasteiger charge is -2.13. The largest absolute Gasteiger partial charge is 0.493 e. The van der Waals surface area contributed by atoms with E-state index in [1.54, 1.807) is 12.1 Å². The average molecular weight is 226 g/mol. The van der Waals surface area contributed by atoms with E-state index >= 15 is 0 Å². The molecule has 0 aliphatic carbocycles. The van der Waals surface area contributed by atoms with Gasteiger partial charge in [0, 0.05) is 6.61 Å². The van der Waals surface area contributed by atoms with Crippen LogP contribution in [-0.4, -0.2) is 37.0 Å². The van der Waals surface area contributed by atoms with Crippen LogP contribution in [0.3, 0.4) is 0 Å². The van der Waals surface area contributed by atoms with Gasteiger partial charge in [0.25, 0.3) is 0 Å². The van der Waals surface area contributed by atoms with Crippen molar-refractivity contribution in [2.24, 2.45) is 0 Å². The highest BCUT2D eigenvalue weighted by Crippen LogP contribution is 2.33. The lowest BCUT2D eigenvalue weighted by molar-refractivity contribution is 0.0691. The number of hydrogen-bond donors (Lipinski definition) is 2. The monoisotopic (exact) mass is 226 g/mol. The quantitative estimate of drug-likeness (QED) is 0.781. The summed E-state index contributed by atoms with van der Waals surface area (Å²) in [5, 5.41) is 18.0. The Bertz CT molecular complexity index is 386. The first-order valence-corrected chi connectivity index (χ1v) is 4.73. The Balaban J connectivity index is 3.37. The molecule has 0 aliphatic rings. The smallest absolute Gasteiger partial charge is 0.339 e. The zero-order valence-electron chi connectivity index (χ0n) is 9.19. The van der Waals surface area contributed by atoms with Crippen LogP contribution in [0.2, 0.25) is 0 Å². The Labute approximate surface area is 93.2 Å². The first kappa shape index (κ1) is 12.3. The minimum Gasteiger partial charge on any atom is -0.493 e. The molecular formula is C11H14O5. The number of aliphatic hydroxyl groups is 1. The number of benzene rings is 1. The van der Waals surface area contributed by atoms with Gasteiger partial charge in [-0.05, 0) is 18.1 Å². The maximum Gasteiger partial charge on any atom is 0.339 e. The summed E-state index contributed by atoms with van der Waals surface area (Å²) in [6, 6.07) is 3.23. The predicted octanol–water partition coefficient (Wildman–Crippen LogP) is 0.937. The summed E-state index contributed by atoms with van der Waals surface area (Å²) in [5.74, 6) is -0.554. The highest BCUT2D eigenvalue weighted by Gasteiger charge is 2.20. The molecule has 2 N–H and O–H groups in total. The Kier molecular flexibility index (Phi) is 4.13. The van der Waals surface area contributed by atoms with E-state index in [4.69, 9.17) is 19.7 Å². The molecule has 0 heterocycles. The van der Waals surface area contributed by atoms with Gasteiger partial charge in [0.15, 0.2) is 11.5 Å². The fourth-order valence-electron chi connectivity index (χ4n) is 1.53. The van der Waals surface area contributed by atoms with Crippen LogP contribution >= 0.6 is 0 Å². The highest BCUT2D eigenvalue weighted by molar-refractivity contribution is 5.93. The maximum atomic E-state index is 11.1. The molecule has 5 nitrogen and oxygen atoms in total. The van der Waals surface area contributed by atoms with Crippen molar-refractivity contribution in [3.8, 4) is 11.5 Å². The van der Waals surface area contributed by atoms with Crippen LogP contribution in [0, 0.1) is 0 Å². The van der Waals surface area contributed by atoms with Gasteiger partial charge in [-0.3, -0.25) is 0 Å². The predicted molar refractivity (Wildman–Crippen MR) is 57.3 cm³/mol. The minimum absolute atomic E-state index is 0.0379. The summed E-state index contributed by atoms with van der Waals surface area (Å²) in [6.07, 6.45) is 0.266. The second kappa shape index (κ2) is 5.37. The molecule has 0 fully saturated rings. The van der Waals surface area contributed by atoms with Gasteiger partial charge < -0.3 is 19.7 Å². The molecular weight excluding hydrogens is 212 g/mol. The molecule has 0 aliphatic heterocycles. The Morgan fingerprint density at radius 3 is 2.44 bits per heavy atom. The van der Waals surface area contributed by atoms with Gasteiger partial charge in [0.05, 0.1) is 14.2 Å². The molecule has 0 radical (unpaired) electrons. The van der Waals surface area contributed by atoms with E-state index < -0.39 is 5.97 Å². The SMILES string of the molecule is COc1ccc(CCO)c(C(=O)O)c1OC. The van der Waals surface area contributed by atoms with Crippen molar-refractivity contribution >= 4 is 5.97 Å². The van der Waals surface area contributed by atoms with Gasteiger partial charge in [0.1, 0.15) is 5.56 Å². The van der Waals surface area contributed by atoms with Crippen LogP contribution in [0.15, 0.2) is 12.1 Å². The van der Waals surface area contributed by atoms with Crippen molar-refractivity contribution in [3.63, 3.8) is 0 Å². The van der Waals surface area contributed by atoms with E-state index in [0.717, 1.165) is 0 Å². The number of hydrogen-bond acceptors (Lipinski definition) is 4. The summed E-state index contributed by atoms with van der Waals surface area (Å²) in [7, 11) is 2.82. The Morgan fingerprint density at radius 2 is 2.00 bits per heavy atom. The normalized spacial score (nSPS) is 9.94. The number of carbonyl (C=O) groups is 1. The number of ether oxygens (including phenoxy) is 2. The molecule has 0 aromatic heterocycles. The van der Waals surface area contributed by atoms with E-state index in [1.165, 1.54) is 14.2 Å². The first-order valence-electron chi connectivity index (χ1n) is 4.73. The molecule has 0 unspecified atom stereocenters. The maximum absolute atomic E-state index is 11.1. The van der Waals surface area contributed by atoms with E-state index in [2.05, 4.69) is 0 Å². The van der Waals surface area contributed by atoms with E-state index in [0.29, 0.717) is 11.3 Å². The average Bonchev–Trinajstić information content (AvgIpc) is 2.28. The number of carboxylic acid groups (broad SMARTS) is 1. The Hall–Kier alpha value is -1.75. The van der Waals surface area contributed by atoms with E-state index in [9.17, 15) is 4.79 Å². The van der Waals surface area contributed by atoms with Gasteiger partial charge in [-0.2, -0.15) is 0 Å². The van der Waals surface area contributed by atoms with Crippen molar-refractivity contribution in [2.75, 3.05) is 20.8 Å². The Morgan fingerprint density at radius 1 is 1.31 bits per heavy atom. The summed E-state index contributed by atoms with van der Waals surface area (Å²) >= 11 is 0. The number of aromatic carboxylic acids is 1.